The number of nitrogens with one attached hydrogen (secondary N) is 2. The molecule has 2 N–H and O–H groups in total. The highest BCUT2D eigenvalue weighted by Gasteiger charge is 2.20. The quantitative estimate of drug-likeness (QED) is 0.725. The summed E-state index contributed by atoms with van der Waals surface area (Å²) < 4.78 is 45.5. The molecule has 0 bridgehead atoms. The van der Waals surface area contributed by atoms with Gasteiger partial charge in [-0.3, -0.25) is 0 Å². The number of rotatable bonds is 7. The van der Waals surface area contributed by atoms with Crippen LogP contribution < -0.4 is 10.0 Å². The lowest BCUT2D eigenvalue weighted by Crippen LogP contribution is -2.33. The molecule has 6 nitrogen and oxygen atoms in total. The van der Waals surface area contributed by atoms with Crippen molar-refractivity contribution in [1.82, 2.24) is 10.0 Å². The number of sulfonamides is 1. The fraction of sp³-hybridized carbons (Fsp3) is 0.562. The van der Waals surface area contributed by atoms with Gasteiger partial charge >= 0.3 is 5.97 Å². The van der Waals surface area contributed by atoms with Crippen molar-refractivity contribution in [3.8, 4) is 0 Å². The minimum Gasteiger partial charge on any atom is -0.462 e. The molecule has 0 aromatic heterocycles. The van der Waals surface area contributed by atoms with Crippen molar-refractivity contribution in [2.45, 2.75) is 31.1 Å². The molecule has 1 aliphatic rings. The van der Waals surface area contributed by atoms with Crippen molar-refractivity contribution in [3.63, 3.8) is 0 Å². The first-order chi connectivity index (χ1) is 11.4. The van der Waals surface area contributed by atoms with Gasteiger partial charge in [-0.2, -0.15) is 0 Å². The third-order valence-electron chi connectivity index (χ3n) is 3.94. The zero-order chi connectivity index (χ0) is 17.6. The van der Waals surface area contributed by atoms with Crippen LogP contribution in [-0.2, 0) is 14.8 Å². The fourth-order valence-corrected chi connectivity index (χ4v) is 3.80. The van der Waals surface area contributed by atoms with E-state index in [0.29, 0.717) is 12.3 Å². The van der Waals surface area contributed by atoms with Crippen molar-refractivity contribution in [2.24, 2.45) is 5.92 Å². The Kier molecular flexibility index (Phi) is 6.70. The maximum absolute atomic E-state index is 13.7. The zero-order valence-electron chi connectivity index (χ0n) is 13.7. The van der Waals surface area contributed by atoms with Crippen molar-refractivity contribution < 1.29 is 22.3 Å². The molecule has 1 fully saturated rings. The highest BCUT2D eigenvalue weighted by atomic mass is 32.2. The average molecular weight is 358 g/mol. The Morgan fingerprint density at radius 3 is 2.88 bits per heavy atom. The fourth-order valence-electron chi connectivity index (χ4n) is 2.70. The van der Waals surface area contributed by atoms with Gasteiger partial charge < -0.3 is 10.1 Å². The van der Waals surface area contributed by atoms with Crippen LogP contribution in [0.3, 0.4) is 0 Å². The van der Waals surface area contributed by atoms with E-state index in [9.17, 15) is 17.6 Å². The van der Waals surface area contributed by atoms with Crippen LogP contribution in [0, 0.1) is 11.7 Å². The SMILES string of the molecule is CCOC(=O)c1cc(F)cc(S(=O)(=O)NCCC2CCCNC2)c1. The largest absolute Gasteiger partial charge is 0.462 e. The Morgan fingerprint density at radius 2 is 2.21 bits per heavy atom. The molecule has 24 heavy (non-hydrogen) atoms. The summed E-state index contributed by atoms with van der Waals surface area (Å²) in [5.41, 5.74) is -0.117. The minimum atomic E-state index is -3.87. The third-order valence-corrected chi connectivity index (χ3v) is 5.38. The summed E-state index contributed by atoms with van der Waals surface area (Å²) in [5, 5.41) is 3.28. The minimum absolute atomic E-state index is 0.117. The molecule has 134 valence electrons. The summed E-state index contributed by atoms with van der Waals surface area (Å²) in [6.07, 6.45) is 2.87. The summed E-state index contributed by atoms with van der Waals surface area (Å²) >= 11 is 0. The van der Waals surface area contributed by atoms with Crippen LogP contribution in [0.4, 0.5) is 4.39 Å². The van der Waals surface area contributed by atoms with Crippen LogP contribution >= 0.6 is 0 Å². The van der Waals surface area contributed by atoms with Crippen LogP contribution in [0.2, 0.25) is 0 Å². The van der Waals surface area contributed by atoms with Crippen LogP contribution in [0.1, 0.15) is 36.5 Å². The van der Waals surface area contributed by atoms with Gasteiger partial charge in [0.05, 0.1) is 17.1 Å². The number of carbonyl (C=O) groups excluding carboxylic acids is 1. The van der Waals surface area contributed by atoms with Gasteiger partial charge in [-0.1, -0.05) is 0 Å². The van der Waals surface area contributed by atoms with E-state index in [2.05, 4.69) is 10.0 Å². The molecular weight excluding hydrogens is 335 g/mol. The third kappa shape index (κ3) is 5.25. The lowest BCUT2D eigenvalue weighted by atomic mass is 9.96. The molecule has 0 amide bonds. The molecule has 0 aliphatic carbocycles. The maximum atomic E-state index is 13.7. The monoisotopic (exact) mass is 358 g/mol. The summed E-state index contributed by atoms with van der Waals surface area (Å²) in [4.78, 5) is 11.4. The van der Waals surface area contributed by atoms with E-state index in [1.165, 1.54) is 0 Å². The summed E-state index contributed by atoms with van der Waals surface area (Å²) in [5.74, 6) is -1.11. The maximum Gasteiger partial charge on any atom is 0.338 e. The van der Waals surface area contributed by atoms with E-state index in [1.54, 1.807) is 6.92 Å². The Balaban J connectivity index is 2.03. The molecule has 0 spiro atoms. The van der Waals surface area contributed by atoms with E-state index in [1.807, 2.05) is 0 Å². The number of halogens is 1. The Bertz CT molecular complexity index is 673. The van der Waals surface area contributed by atoms with Crippen molar-refractivity contribution in [3.05, 3.63) is 29.6 Å². The van der Waals surface area contributed by atoms with Crippen LogP contribution in [0.15, 0.2) is 23.1 Å². The number of piperidine rings is 1. The zero-order valence-corrected chi connectivity index (χ0v) is 14.5. The average Bonchev–Trinajstić information content (AvgIpc) is 2.55. The predicted molar refractivity (Wildman–Crippen MR) is 87.8 cm³/mol. The molecule has 1 aliphatic heterocycles. The molecular formula is C16H23FN2O4S. The van der Waals surface area contributed by atoms with E-state index in [0.717, 1.165) is 44.1 Å². The smallest absolute Gasteiger partial charge is 0.338 e. The molecule has 1 aromatic rings. The van der Waals surface area contributed by atoms with Crippen molar-refractivity contribution in [1.29, 1.82) is 0 Å². The molecule has 1 atom stereocenters. The van der Waals surface area contributed by atoms with Gasteiger partial charge in [0.25, 0.3) is 0 Å². The molecule has 0 saturated carbocycles. The van der Waals surface area contributed by atoms with Gasteiger partial charge in [0.15, 0.2) is 0 Å². The number of carbonyl (C=O) groups is 1. The van der Waals surface area contributed by atoms with E-state index < -0.39 is 21.8 Å². The van der Waals surface area contributed by atoms with Gasteiger partial charge in [0.1, 0.15) is 5.82 Å². The highest BCUT2D eigenvalue weighted by Crippen LogP contribution is 2.17. The van der Waals surface area contributed by atoms with Crippen molar-refractivity contribution in [2.75, 3.05) is 26.2 Å². The molecule has 1 saturated heterocycles. The standard InChI is InChI=1S/C16H23FN2O4S/c1-2-23-16(20)13-8-14(17)10-15(9-13)24(21,22)19-7-5-12-4-3-6-18-11-12/h8-10,12,18-19H,2-7,11H2,1H3. The van der Waals surface area contributed by atoms with Crippen molar-refractivity contribution >= 4 is 16.0 Å². The van der Waals surface area contributed by atoms with Crippen LogP contribution in [-0.4, -0.2) is 40.6 Å². The molecule has 0 radical (unpaired) electrons. The lowest BCUT2D eigenvalue weighted by Gasteiger charge is -2.22. The van der Waals surface area contributed by atoms with Gasteiger partial charge in [-0.15, -0.1) is 0 Å². The van der Waals surface area contributed by atoms with Gasteiger partial charge in [0.2, 0.25) is 10.0 Å². The molecule has 8 heteroatoms. The van der Waals surface area contributed by atoms with E-state index in [-0.39, 0.29) is 23.6 Å². The second-order valence-corrected chi connectivity index (χ2v) is 7.56. The Morgan fingerprint density at radius 1 is 1.42 bits per heavy atom. The first-order valence-corrected chi connectivity index (χ1v) is 9.59. The number of hydrogen-bond donors (Lipinski definition) is 2. The summed E-state index contributed by atoms with van der Waals surface area (Å²) in [7, 11) is -3.87. The molecule has 1 aromatic carbocycles. The van der Waals surface area contributed by atoms with E-state index >= 15 is 0 Å². The van der Waals surface area contributed by atoms with Gasteiger partial charge in [0, 0.05) is 6.54 Å². The number of hydrogen-bond acceptors (Lipinski definition) is 5. The van der Waals surface area contributed by atoms with Crippen LogP contribution in [0.5, 0.6) is 0 Å². The lowest BCUT2D eigenvalue weighted by molar-refractivity contribution is 0.0525. The molecule has 1 unspecified atom stereocenters. The second kappa shape index (κ2) is 8.55. The second-order valence-electron chi connectivity index (χ2n) is 5.79. The van der Waals surface area contributed by atoms with E-state index in [4.69, 9.17) is 4.74 Å². The highest BCUT2D eigenvalue weighted by molar-refractivity contribution is 7.89. The topological polar surface area (TPSA) is 84.5 Å². The van der Waals surface area contributed by atoms with Gasteiger partial charge in [-0.25, -0.2) is 22.3 Å². The first-order valence-electron chi connectivity index (χ1n) is 8.10. The number of ether oxygens (including phenoxy) is 1. The Labute approximate surface area is 141 Å². The normalized spacial score (nSPS) is 18.3. The van der Waals surface area contributed by atoms with Crippen LogP contribution in [0.25, 0.3) is 0 Å². The molecule has 2 rings (SSSR count). The number of esters is 1. The molecule has 1 heterocycles. The summed E-state index contributed by atoms with van der Waals surface area (Å²) in [6, 6.07) is 2.99. The van der Waals surface area contributed by atoms with Gasteiger partial charge in [-0.05, 0) is 63.4 Å². The number of benzene rings is 1. The summed E-state index contributed by atoms with van der Waals surface area (Å²) in [6.45, 7) is 3.92. The first kappa shape index (κ1) is 18.8. The Hall–Kier alpha value is -1.51. The predicted octanol–water partition coefficient (Wildman–Crippen LogP) is 1.67.